The molecule has 0 saturated heterocycles. The van der Waals surface area contributed by atoms with Crippen molar-refractivity contribution < 1.29 is 13.2 Å². The average molecular weight is 384 g/mol. The van der Waals surface area contributed by atoms with Crippen LogP contribution in [0.3, 0.4) is 0 Å². The van der Waals surface area contributed by atoms with Crippen molar-refractivity contribution in [1.29, 1.82) is 0 Å². The minimum absolute atomic E-state index is 0.565. The van der Waals surface area contributed by atoms with Crippen LogP contribution in [-0.4, -0.2) is 9.78 Å². The van der Waals surface area contributed by atoms with E-state index < -0.39 is 11.9 Å². The molecule has 2 rings (SSSR count). The standard InChI is InChI=1S/C11H7Br2F3N2/c12-6-7-1-2-9(8(13)5-7)18-4-3-10(17-18)11(14,15)16/h1-5H,6H2. The molecule has 1 heterocycles. The Hall–Kier alpha value is -0.820. The molecule has 0 spiro atoms. The fraction of sp³-hybridized carbons (Fsp3) is 0.182. The number of rotatable bonds is 2. The number of aromatic nitrogens is 2. The Balaban J connectivity index is 2.40. The second-order valence-corrected chi connectivity index (χ2v) is 4.98. The molecule has 0 bridgehead atoms. The highest BCUT2D eigenvalue weighted by Gasteiger charge is 2.33. The normalized spacial score (nSPS) is 11.8. The quantitative estimate of drug-likeness (QED) is 0.695. The van der Waals surface area contributed by atoms with Gasteiger partial charge in [0.05, 0.1) is 5.69 Å². The first-order chi connectivity index (χ1) is 8.41. The molecule has 0 atom stereocenters. The van der Waals surface area contributed by atoms with Crippen LogP contribution in [0.5, 0.6) is 0 Å². The van der Waals surface area contributed by atoms with E-state index in [0.29, 0.717) is 15.5 Å². The van der Waals surface area contributed by atoms with Gasteiger partial charge in [0.2, 0.25) is 0 Å². The zero-order chi connectivity index (χ0) is 13.3. The van der Waals surface area contributed by atoms with Crippen LogP contribution < -0.4 is 0 Å². The van der Waals surface area contributed by atoms with E-state index in [4.69, 9.17) is 0 Å². The summed E-state index contributed by atoms with van der Waals surface area (Å²) in [5.74, 6) is 0. The largest absolute Gasteiger partial charge is 0.435 e. The summed E-state index contributed by atoms with van der Waals surface area (Å²) in [6.07, 6.45) is -3.13. The van der Waals surface area contributed by atoms with Crippen LogP contribution >= 0.6 is 31.9 Å². The number of alkyl halides is 4. The number of hydrogen-bond acceptors (Lipinski definition) is 1. The van der Waals surface area contributed by atoms with Crippen LogP contribution in [0.25, 0.3) is 5.69 Å². The van der Waals surface area contributed by atoms with Gasteiger partial charge in [0.15, 0.2) is 5.69 Å². The molecule has 7 heteroatoms. The van der Waals surface area contributed by atoms with E-state index in [1.165, 1.54) is 10.9 Å². The van der Waals surface area contributed by atoms with E-state index in [1.807, 2.05) is 12.1 Å². The fourth-order valence-corrected chi connectivity index (χ4v) is 2.39. The molecule has 0 aliphatic rings. The zero-order valence-corrected chi connectivity index (χ0v) is 12.1. The van der Waals surface area contributed by atoms with Gasteiger partial charge in [0.1, 0.15) is 0 Å². The number of benzene rings is 1. The van der Waals surface area contributed by atoms with Crippen LogP contribution in [0.15, 0.2) is 34.9 Å². The molecule has 2 nitrogen and oxygen atoms in total. The van der Waals surface area contributed by atoms with Crippen LogP contribution in [0.2, 0.25) is 0 Å². The first-order valence-electron chi connectivity index (χ1n) is 4.89. The van der Waals surface area contributed by atoms with Crippen molar-refractivity contribution in [3.8, 4) is 5.69 Å². The molecule has 1 aromatic carbocycles. The van der Waals surface area contributed by atoms with Gasteiger partial charge in [-0.1, -0.05) is 22.0 Å². The van der Waals surface area contributed by atoms with Gasteiger partial charge in [-0.05, 0) is 39.7 Å². The van der Waals surface area contributed by atoms with Crippen LogP contribution in [-0.2, 0) is 11.5 Å². The highest BCUT2D eigenvalue weighted by Crippen LogP contribution is 2.29. The predicted octanol–water partition coefficient (Wildman–Crippen LogP) is 4.55. The Morgan fingerprint density at radius 3 is 2.44 bits per heavy atom. The summed E-state index contributed by atoms with van der Waals surface area (Å²) in [5.41, 5.74) is 0.683. The third-order valence-electron chi connectivity index (χ3n) is 2.29. The van der Waals surface area contributed by atoms with Crippen molar-refractivity contribution in [2.75, 3.05) is 0 Å². The molecule has 0 unspecified atom stereocenters. The van der Waals surface area contributed by atoms with Crippen molar-refractivity contribution in [1.82, 2.24) is 9.78 Å². The van der Waals surface area contributed by atoms with Gasteiger partial charge in [-0.2, -0.15) is 18.3 Å². The van der Waals surface area contributed by atoms with Crippen LogP contribution in [0, 0.1) is 0 Å². The van der Waals surface area contributed by atoms with Gasteiger partial charge in [-0.3, -0.25) is 0 Å². The van der Waals surface area contributed by atoms with Crippen molar-refractivity contribution in [2.45, 2.75) is 11.5 Å². The van der Waals surface area contributed by atoms with Crippen molar-refractivity contribution in [3.63, 3.8) is 0 Å². The van der Waals surface area contributed by atoms with Gasteiger partial charge in [0.25, 0.3) is 0 Å². The first kappa shape index (κ1) is 13.6. The molecule has 0 aliphatic heterocycles. The lowest BCUT2D eigenvalue weighted by molar-refractivity contribution is -0.141. The molecule has 0 radical (unpaired) electrons. The Labute approximate surface area is 118 Å². The van der Waals surface area contributed by atoms with E-state index in [-0.39, 0.29) is 0 Å². The predicted molar refractivity (Wildman–Crippen MR) is 68.9 cm³/mol. The van der Waals surface area contributed by atoms with Crippen LogP contribution in [0.1, 0.15) is 11.3 Å². The molecule has 0 N–H and O–H groups in total. The zero-order valence-electron chi connectivity index (χ0n) is 8.88. The van der Waals surface area contributed by atoms with E-state index >= 15 is 0 Å². The Bertz CT molecular complexity index is 564. The molecular weight excluding hydrogens is 377 g/mol. The van der Waals surface area contributed by atoms with E-state index in [1.54, 1.807) is 6.07 Å². The molecule has 96 valence electrons. The number of hydrogen-bond donors (Lipinski definition) is 0. The monoisotopic (exact) mass is 382 g/mol. The molecule has 1 aromatic heterocycles. The molecular formula is C11H7Br2F3N2. The maximum Gasteiger partial charge on any atom is 0.435 e. The highest BCUT2D eigenvalue weighted by atomic mass is 79.9. The van der Waals surface area contributed by atoms with Gasteiger partial charge in [-0.15, -0.1) is 0 Å². The second kappa shape index (κ2) is 5.05. The minimum Gasteiger partial charge on any atom is -0.239 e. The van der Waals surface area contributed by atoms with Gasteiger partial charge in [-0.25, -0.2) is 4.68 Å². The summed E-state index contributed by atoms with van der Waals surface area (Å²) in [6, 6.07) is 6.32. The molecule has 0 aliphatic carbocycles. The Morgan fingerprint density at radius 1 is 1.22 bits per heavy atom. The fourth-order valence-electron chi connectivity index (χ4n) is 1.43. The second-order valence-electron chi connectivity index (χ2n) is 3.56. The van der Waals surface area contributed by atoms with Gasteiger partial charge in [0, 0.05) is 16.0 Å². The van der Waals surface area contributed by atoms with E-state index in [0.717, 1.165) is 11.6 Å². The average Bonchev–Trinajstić information content (AvgIpc) is 2.77. The lowest BCUT2D eigenvalue weighted by Gasteiger charge is -2.06. The SMILES string of the molecule is FC(F)(F)c1ccn(-c2ccc(CBr)cc2Br)n1. The van der Waals surface area contributed by atoms with Crippen molar-refractivity contribution >= 4 is 31.9 Å². The van der Waals surface area contributed by atoms with Crippen molar-refractivity contribution in [3.05, 3.63) is 46.2 Å². The summed E-state index contributed by atoms with van der Waals surface area (Å²) < 4.78 is 39.2. The summed E-state index contributed by atoms with van der Waals surface area (Å²) in [6.45, 7) is 0. The number of nitrogens with zero attached hydrogens (tertiary/aromatic N) is 2. The topological polar surface area (TPSA) is 17.8 Å². The summed E-state index contributed by atoms with van der Waals surface area (Å²) in [5, 5.41) is 4.20. The Kier molecular flexibility index (Phi) is 3.82. The maximum absolute atomic E-state index is 12.4. The van der Waals surface area contributed by atoms with E-state index in [9.17, 15) is 13.2 Å². The molecule has 18 heavy (non-hydrogen) atoms. The summed E-state index contributed by atoms with van der Waals surface area (Å²) >= 11 is 6.63. The Morgan fingerprint density at radius 2 is 1.94 bits per heavy atom. The highest BCUT2D eigenvalue weighted by molar-refractivity contribution is 9.10. The summed E-state index contributed by atoms with van der Waals surface area (Å²) in [7, 11) is 0. The first-order valence-corrected chi connectivity index (χ1v) is 6.81. The molecule has 0 fully saturated rings. The lowest BCUT2D eigenvalue weighted by Crippen LogP contribution is -2.07. The van der Waals surface area contributed by atoms with E-state index in [2.05, 4.69) is 37.0 Å². The van der Waals surface area contributed by atoms with Gasteiger partial charge < -0.3 is 0 Å². The molecule has 2 aromatic rings. The van der Waals surface area contributed by atoms with Crippen LogP contribution in [0.4, 0.5) is 13.2 Å². The third-order valence-corrected chi connectivity index (χ3v) is 3.58. The third kappa shape index (κ3) is 2.77. The summed E-state index contributed by atoms with van der Waals surface area (Å²) in [4.78, 5) is 0. The molecule has 0 amide bonds. The lowest BCUT2D eigenvalue weighted by atomic mass is 10.2. The smallest absolute Gasteiger partial charge is 0.239 e. The maximum atomic E-state index is 12.4. The number of halogens is 5. The minimum atomic E-state index is -4.42. The molecule has 0 saturated carbocycles. The van der Waals surface area contributed by atoms with Gasteiger partial charge >= 0.3 is 6.18 Å². The van der Waals surface area contributed by atoms with Crippen molar-refractivity contribution in [2.24, 2.45) is 0 Å².